The summed E-state index contributed by atoms with van der Waals surface area (Å²) in [6.45, 7) is 6.30. The van der Waals surface area contributed by atoms with Crippen molar-refractivity contribution in [3.8, 4) is 0 Å². The van der Waals surface area contributed by atoms with E-state index in [2.05, 4.69) is 11.7 Å². The highest BCUT2D eigenvalue weighted by Crippen LogP contribution is 1.98. The van der Waals surface area contributed by atoms with Gasteiger partial charge in [-0.25, -0.2) is 4.79 Å². The summed E-state index contributed by atoms with van der Waals surface area (Å²) in [5.74, 6) is -0.384. The lowest BCUT2D eigenvalue weighted by Crippen LogP contribution is -2.06. The zero-order valence-corrected chi connectivity index (χ0v) is 7.56. The number of hydrogen-bond acceptors (Lipinski definition) is 3. The van der Waals surface area contributed by atoms with E-state index in [-0.39, 0.29) is 5.97 Å². The molecule has 1 rings (SSSR count). The zero-order valence-electron chi connectivity index (χ0n) is 7.56. The van der Waals surface area contributed by atoms with Gasteiger partial charge in [-0.2, -0.15) is 5.10 Å². The number of nitrogens with zero attached hydrogens (tertiary/aromatic N) is 2. The fraction of sp³-hybridized carbons (Fsp3) is 0.333. The van der Waals surface area contributed by atoms with Gasteiger partial charge in [0.1, 0.15) is 0 Å². The van der Waals surface area contributed by atoms with Crippen molar-refractivity contribution >= 4 is 5.97 Å². The van der Waals surface area contributed by atoms with E-state index >= 15 is 0 Å². The molecule has 70 valence electrons. The van der Waals surface area contributed by atoms with Crippen molar-refractivity contribution in [2.24, 2.45) is 0 Å². The molecule has 0 N–H and O–H groups in total. The second-order valence-corrected chi connectivity index (χ2v) is 2.43. The Hall–Kier alpha value is -1.58. The van der Waals surface area contributed by atoms with E-state index in [0.717, 1.165) is 0 Å². The van der Waals surface area contributed by atoms with E-state index in [1.807, 2.05) is 0 Å². The van der Waals surface area contributed by atoms with Gasteiger partial charge >= 0.3 is 5.97 Å². The zero-order chi connectivity index (χ0) is 9.68. The molecule has 1 aromatic rings. The molecule has 0 aliphatic heterocycles. The molecule has 1 aromatic heterocycles. The number of aromatic nitrogens is 2. The van der Waals surface area contributed by atoms with E-state index in [1.54, 1.807) is 29.9 Å². The van der Waals surface area contributed by atoms with Crippen LogP contribution >= 0.6 is 0 Å². The van der Waals surface area contributed by atoms with E-state index in [0.29, 0.717) is 18.8 Å². The van der Waals surface area contributed by atoms with Gasteiger partial charge in [0, 0.05) is 6.20 Å². The first-order chi connectivity index (χ1) is 6.27. The molecule has 4 heteroatoms. The highest BCUT2D eigenvalue weighted by Gasteiger charge is 2.08. The number of esters is 1. The van der Waals surface area contributed by atoms with Crippen LogP contribution in [0, 0.1) is 0 Å². The van der Waals surface area contributed by atoms with E-state index in [1.165, 1.54) is 0 Å². The van der Waals surface area contributed by atoms with Crippen molar-refractivity contribution in [1.82, 2.24) is 9.78 Å². The summed E-state index contributed by atoms with van der Waals surface area (Å²) in [7, 11) is 0. The highest BCUT2D eigenvalue weighted by atomic mass is 16.5. The van der Waals surface area contributed by atoms with Crippen molar-refractivity contribution in [2.75, 3.05) is 6.61 Å². The Morgan fingerprint density at radius 2 is 2.62 bits per heavy atom. The van der Waals surface area contributed by atoms with Crippen molar-refractivity contribution < 1.29 is 9.53 Å². The molecule has 0 unspecified atom stereocenters. The molecular weight excluding hydrogens is 168 g/mol. The number of hydrogen-bond donors (Lipinski definition) is 0. The second kappa shape index (κ2) is 4.45. The first-order valence-electron chi connectivity index (χ1n) is 4.09. The molecule has 0 radical (unpaired) electrons. The number of carbonyl (C=O) groups is 1. The summed E-state index contributed by atoms with van der Waals surface area (Å²) in [5, 5.41) is 3.99. The van der Waals surface area contributed by atoms with Crippen molar-refractivity contribution in [2.45, 2.75) is 13.5 Å². The largest absolute Gasteiger partial charge is 0.461 e. The molecule has 0 aliphatic carbocycles. The van der Waals surface area contributed by atoms with Gasteiger partial charge in [-0.3, -0.25) is 4.68 Å². The van der Waals surface area contributed by atoms with Crippen LogP contribution in [0.1, 0.15) is 17.4 Å². The minimum Gasteiger partial charge on any atom is -0.461 e. The van der Waals surface area contributed by atoms with Crippen LogP contribution < -0.4 is 0 Å². The molecule has 0 saturated carbocycles. The van der Waals surface area contributed by atoms with E-state index in [9.17, 15) is 4.79 Å². The molecule has 0 amide bonds. The van der Waals surface area contributed by atoms with Crippen LogP contribution in [0.4, 0.5) is 0 Å². The Balaban J connectivity index is 2.67. The van der Waals surface area contributed by atoms with Crippen molar-refractivity contribution in [3.63, 3.8) is 0 Å². The quantitative estimate of drug-likeness (QED) is 0.517. The van der Waals surface area contributed by atoms with Gasteiger partial charge < -0.3 is 4.74 Å². The average molecular weight is 180 g/mol. The molecule has 1 heterocycles. The van der Waals surface area contributed by atoms with Crippen LogP contribution in [-0.2, 0) is 11.3 Å². The first-order valence-corrected chi connectivity index (χ1v) is 4.09. The third kappa shape index (κ3) is 2.43. The van der Waals surface area contributed by atoms with Crippen LogP contribution in [0.15, 0.2) is 24.9 Å². The molecule has 0 aromatic carbocycles. The van der Waals surface area contributed by atoms with Gasteiger partial charge in [0.05, 0.1) is 13.2 Å². The maximum absolute atomic E-state index is 11.1. The van der Waals surface area contributed by atoms with Crippen LogP contribution in [0.5, 0.6) is 0 Å². The molecule has 0 atom stereocenters. The lowest BCUT2D eigenvalue weighted by Gasteiger charge is -1.96. The van der Waals surface area contributed by atoms with Gasteiger partial charge in [-0.05, 0) is 13.0 Å². The first kappa shape index (κ1) is 9.51. The maximum Gasteiger partial charge on any atom is 0.358 e. The topological polar surface area (TPSA) is 44.1 Å². The molecule has 0 aliphatic rings. The molecule has 0 saturated heterocycles. The highest BCUT2D eigenvalue weighted by molar-refractivity contribution is 5.86. The summed E-state index contributed by atoms with van der Waals surface area (Å²) in [5.41, 5.74) is 0.337. The monoisotopic (exact) mass is 180 g/mol. The number of allylic oxidation sites excluding steroid dienone is 1. The van der Waals surface area contributed by atoms with Gasteiger partial charge in [-0.1, -0.05) is 6.08 Å². The SMILES string of the molecule is C=CCn1ccc(C(=O)OCC)n1. The summed E-state index contributed by atoms with van der Waals surface area (Å²) in [6, 6.07) is 1.63. The number of rotatable bonds is 4. The second-order valence-electron chi connectivity index (χ2n) is 2.43. The van der Waals surface area contributed by atoms with Crippen LogP contribution in [-0.4, -0.2) is 22.4 Å². The average Bonchev–Trinajstić information content (AvgIpc) is 2.54. The summed E-state index contributed by atoms with van der Waals surface area (Å²) < 4.78 is 6.40. The fourth-order valence-corrected chi connectivity index (χ4v) is 0.910. The molecule has 0 bridgehead atoms. The predicted octanol–water partition coefficient (Wildman–Crippen LogP) is 1.25. The lowest BCUT2D eigenvalue weighted by molar-refractivity contribution is 0.0518. The third-order valence-corrected chi connectivity index (χ3v) is 1.44. The van der Waals surface area contributed by atoms with Crippen LogP contribution in [0.25, 0.3) is 0 Å². The van der Waals surface area contributed by atoms with Crippen molar-refractivity contribution in [1.29, 1.82) is 0 Å². The molecule has 0 fully saturated rings. The standard InChI is InChI=1S/C9H12N2O2/c1-3-6-11-7-5-8(10-11)9(12)13-4-2/h3,5,7H,1,4,6H2,2H3. The lowest BCUT2D eigenvalue weighted by atomic mass is 10.4. The fourth-order valence-electron chi connectivity index (χ4n) is 0.910. The normalized spacial score (nSPS) is 9.62. The third-order valence-electron chi connectivity index (χ3n) is 1.44. The molecular formula is C9H12N2O2. The minimum atomic E-state index is -0.384. The van der Waals surface area contributed by atoms with E-state index < -0.39 is 0 Å². The Bertz CT molecular complexity index is 304. The number of ether oxygens (including phenoxy) is 1. The van der Waals surface area contributed by atoms with Gasteiger partial charge in [0.2, 0.25) is 0 Å². The Kier molecular flexibility index (Phi) is 3.25. The van der Waals surface area contributed by atoms with Crippen molar-refractivity contribution in [3.05, 3.63) is 30.6 Å². The van der Waals surface area contributed by atoms with Gasteiger partial charge in [0.25, 0.3) is 0 Å². The Morgan fingerprint density at radius 1 is 1.85 bits per heavy atom. The van der Waals surface area contributed by atoms with Crippen LogP contribution in [0.2, 0.25) is 0 Å². The molecule has 0 spiro atoms. The molecule has 13 heavy (non-hydrogen) atoms. The summed E-state index contributed by atoms with van der Waals surface area (Å²) in [6.07, 6.45) is 3.43. The smallest absolute Gasteiger partial charge is 0.358 e. The van der Waals surface area contributed by atoms with Crippen LogP contribution in [0.3, 0.4) is 0 Å². The summed E-state index contributed by atoms with van der Waals surface area (Å²) >= 11 is 0. The molecule has 4 nitrogen and oxygen atoms in total. The van der Waals surface area contributed by atoms with Gasteiger partial charge in [-0.15, -0.1) is 6.58 Å². The number of carbonyl (C=O) groups excluding carboxylic acids is 1. The Morgan fingerprint density at radius 3 is 3.23 bits per heavy atom. The van der Waals surface area contributed by atoms with Gasteiger partial charge in [0.15, 0.2) is 5.69 Å². The summed E-state index contributed by atoms with van der Waals surface area (Å²) in [4.78, 5) is 11.1. The maximum atomic E-state index is 11.1. The predicted molar refractivity (Wildman–Crippen MR) is 48.4 cm³/mol. The van der Waals surface area contributed by atoms with E-state index in [4.69, 9.17) is 4.74 Å². The Labute approximate surface area is 76.8 Å². The minimum absolute atomic E-state index is 0.337.